The van der Waals surface area contributed by atoms with Gasteiger partial charge in [0.1, 0.15) is 0 Å². The molecule has 1 aliphatic heterocycles. The molecule has 0 amide bonds. The SMILES string of the molecule is CCCCOC1CCC(C2CCC(C3CCC(c4ccc(OCC)c(F)c4F)CO3)CC2)CC1. The zero-order valence-corrected chi connectivity index (χ0v) is 21.2. The minimum Gasteiger partial charge on any atom is -0.491 e. The van der Waals surface area contributed by atoms with Gasteiger partial charge >= 0.3 is 0 Å². The van der Waals surface area contributed by atoms with Crippen molar-refractivity contribution in [1.29, 1.82) is 0 Å². The van der Waals surface area contributed by atoms with Crippen LogP contribution in [0.15, 0.2) is 12.1 Å². The van der Waals surface area contributed by atoms with E-state index in [0.717, 1.165) is 31.3 Å². The van der Waals surface area contributed by atoms with Crippen molar-refractivity contribution in [3.8, 4) is 5.75 Å². The maximum atomic E-state index is 14.6. The maximum Gasteiger partial charge on any atom is 0.200 e. The molecule has 0 radical (unpaired) electrons. The van der Waals surface area contributed by atoms with Crippen LogP contribution in [-0.2, 0) is 9.47 Å². The van der Waals surface area contributed by atoms with Crippen molar-refractivity contribution in [2.24, 2.45) is 17.8 Å². The van der Waals surface area contributed by atoms with Gasteiger partial charge in [0.15, 0.2) is 11.6 Å². The first-order chi connectivity index (χ1) is 16.6. The third-order valence-corrected chi connectivity index (χ3v) is 8.71. The van der Waals surface area contributed by atoms with Crippen LogP contribution in [0.5, 0.6) is 5.75 Å². The smallest absolute Gasteiger partial charge is 0.200 e. The van der Waals surface area contributed by atoms with E-state index in [4.69, 9.17) is 14.2 Å². The Hall–Kier alpha value is -1.20. The minimum absolute atomic E-state index is 0.00683. The molecule has 1 aromatic carbocycles. The van der Waals surface area contributed by atoms with Gasteiger partial charge in [0, 0.05) is 12.5 Å². The van der Waals surface area contributed by atoms with Crippen LogP contribution < -0.4 is 4.74 Å². The molecule has 1 aromatic rings. The van der Waals surface area contributed by atoms with Crippen molar-refractivity contribution in [2.75, 3.05) is 19.8 Å². The van der Waals surface area contributed by atoms with Crippen LogP contribution in [0, 0.1) is 29.4 Å². The molecule has 3 aliphatic rings. The van der Waals surface area contributed by atoms with E-state index in [1.165, 1.54) is 64.2 Å². The van der Waals surface area contributed by atoms with Crippen LogP contribution in [0.2, 0.25) is 0 Å². The van der Waals surface area contributed by atoms with Crippen molar-refractivity contribution in [2.45, 2.75) is 109 Å². The molecule has 0 N–H and O–H groups in total. The second kappa shape index (κ2) is 12.7. The quantitative estimate of drug-likeness (QED) is 0.339. The predicted molar refractivity (Wildman–Crippen MR) is 131 cm³/mol. The average molecular weight is 479 g/mol. The summed E-state index contributed by atoms with van der Waals surface area (Å²) >= 11 is 0. The van der Waals surface area contributed by atoms with Crippen molar-refractivity contribution < 1.29 is 23.0 Å². The topological polar surface area (TPSA) is 27.7 Å². The summed E-state index contributed by atoms with van der Waals surface area (Å²) in [6, 6.07) is 3.22. The molecule has 3 fully saturated rings. The summed E-state index contributed by atoms with van der Waals surface area (Å²) in [6.45, 7) is 5.72. The summed E-state index contributed by atoms with van der Waals surface area (Å²) < 4.78 is 46.4. The molecule has 2 aliphatic carbocycles. The van der Waals surface area contributed by atoms with E-state index in [9.17, 15) is 8.78 Å². The zero-order chi connectivity index (χ0) is 23.9. The molecule has 2 atom stereocenters. The van der Waals surface area contributed by atoms with Crippen LogP contribution in [-0.4, -0.2) is 32.0 Å². The Labute approximate surface area is 204 Å². The van der Waals surface area contributed by atoms with E-state index in [0.29, 0.717) is 30.8 Å². The first kappa shape index (κ1) is 25.9. The Morgan fingerprint density at radius 2 is 1.50 bits per heavy atom. The highest BCUT2D eigenvalue weighted by atomic mass is 19.2. The molecule has 192 valence electrons. The third-order valence-electron chi connectivity index (χ3n) is 8.71. The van der Waals surface area contributed by atoms with Crippen LogP contribution in [0.25, 0.3) is 0 Å². The van der Waals surface area contributed by atoms with Crippen molar-refractivity contribution in [3.05, 3.63) is 29.3 Å². The molecule has 34 heavy (non-hydrogen) atoms. The standard InChI is InChI=1S/C29H44F2O3/c1-3-5-18-33-24-13-10-21(11-14-24)20-6-8-22(9-7-20)26-16-12-23(19-34-26)25-15-17-27(32-4-2)29(31)28(25)30/h15,17,20-24,26H,3-14,16,18-19H2,1-2H3. The Morgan fingerprint density at radius 3 is 2.12 bits per heavy atom. The molecule has 4 rings (SSSR count). The number of hydrogen-bond donors (Lipinski definition) is 0. The highest BCUT2D eigenvalue weighted by Gasteiger charge is 2.36. The van der Waals surface area contributed by atoms with Gasteiger partial charge in [-0.3, -0.25) is 0 Å². The van der Waals surface area contributed by atoms with Gasteiger partial charge < -0.3 is 14.2 Å². The lowest BCUT2D eigenvalue weighted by molar-refractivity contribution is -0.0486. The van der Waals surface area contributed by atoms with Gasteiger partial charge in [0.2, 0.25) is 5.82 Å². The number of unbranched alkanes of at least 4 members (excludes halogenated alkanes) is 1. The van der Waals surface area contributed by atoms with E-state index in [2.05, 4.69) is 6.92 Å². The molecule has 5 heteroatoms. The largest absolute Gasteiger partial charge is 0.491 e. The molecule has 1 saturated heterocycles. The third kappa shape index (κ3) is 6.32. The molecular formula is C29H44F2O3. The van der Waals surface area contributed by atoms with Gasteiger partial charge in [0.25, 0.3) is 0 Å². The van der Waals surface area contributed by atoms with Crippen LogP contribution in [0.3, 0.4) is 0 Å². The fourth-order valence-electron chi connectivity index (χ4n) is 6.63. The summed E-state index contributed by atoms with van der Waals surface area (Å²) in [5, 5.41) is 0. The van der Waals surface area contributed by atoms with E-state index in [1.54, 1.807) is 19.1 Å². The van der Waals surface area contributed by atoms with Gasteiger partial charge in [-0.15, -0.1) is 0 Å². The zero-order valence-electron chi connectivity index (χ0n) is 21.2. The van der Waals surface area contributed by atoms with E-state index in [1.807, 2.05) is 0 Å². The lowest BCUT2D eigenvalue weighted by Gasteiger charge is -2.41. The van der Waals surface area contributed by atoms with Crippen molar-refractivity contribution in [3.63, 3.8) is 0 Å². The summed E-state index contributed by atoms with van der Waals surface area (Å²) in [5.41, 5.74) is 0.428. The summed E-state index contributed by atoms with van der Waals surface area (Å²) in [7, 11) is 0. The molecule has 0 spiro atoms. The van der Waals surface area contributed by atoms with Crippen molar-refractivity contribution in [1.82, 2.24) is 0 Å². The van der Waals surface area contributed by atoms with Crippen LogP contribution in [0.4, 0.5) is 8.78 Å². The second-order valence-corrected chi connectivity index (χ2v) is 10.8. The first-order valence-electron chi connectivity index (χ1n) is 13.9. The number of ether oxygens (including phenoxy) is 3. The van der Waals surface area contributed by atoms with Gasteiger partial charge in [-0.2, -0.15) is 4.39 Å². The van der Waals surface area contributed by atoms with Crippen LogP contribution >= 0.6 is 0 Å². The lowest BCUT2D eigenvalue weighted by Crippen LogP contribution is -2.35. The van der Waals surface area contributed by atoms with Crippen molar-refractivity contribution >= 4 is 0 Å². The predicted octanol–water partition coefficient (Wildman–Crippen LogP) is 7.81. The molecule has 2 saturated carbocycles. The molecule has 0 bridgehead atoms. The fourth-order valence-corrected chi connectivity index (χ4v) is 6.63. The van der Waals surface area contributed by atoms with E-state index < -0.39 is 11.6 Å². The monoisotopic (exact) mass is 478 g/mol. The Balaban J connectivity index is 1.19. The lowest BCUT2D eigenvalue weighted by atomic mass is 9.69. The normalized spacial score (nSPS) is 32.5. The molecular weight excluding hydrogens is 434 g/mol. The van der Waals surface area contributed by atoms with Gasteiger partial charge in [-0.05, 0) is 107 Å². The Kier molecular flexibility index (Phi) is 9.64. The number of benzene rings is 1. The minimum atomic E-state index is -0.874. The fraction of sp³-hybridized carbons (Fsp3) is 0.793. The second-order valence-electron chi connectivity index (χ2n) is 10.8. The first-order valence-corrected chi connectivity index (χ1v) is 13.9. The van der Waals surface area contributed by atoms with Gasteiger partial charge in [-0.25, -0.2) is 4.39 Å². The summed E-state index contributed by atoms with van der Waals surface area (Å²) in [5.74, 6) is 0.629. The van der Waals surface area contributed by atoms with E-state index >= 15 is 0 Å². The molecule has 1 heterocycles. The highest BCUT2D eigenvalue weighted by molar-refractivity contribution is 5.33. The summed E-state index contributed by atoms with van der Waals surface area (Å²) in [6.07, 6.45) is 15.2. The number of halogens is 2. The average Bonchev–Trinajstić information content (AvgIpc) is 2.88. The summed E-state index contributed by atoms with van der Waals surface area (Å²) in [4.78, 5) is 0. The van der Waals surface area contributed by atoms with Gasteiger partial charge in [-0.1, -0.05) is 19.4 Å². The Morgan fingerprint density at radius 1 is 0.824 bits per heavy atom. The van der Waals surface area contributed by atoms with E-state index in [-0.39, 0.29) is 17.8 Å². The Bertz CT molecular complexity index is 746. The highest BCUT2D eigenvalue weighted by Crippen LogP contribution is 2.44. The number of rotatable bonds is 9. The molecule has 2 unspecified atom stereocenters. The maximum absolute atomic E-state index is 14.6. The molecule has 0 aromatic heterocycles. The molecule has 3 nitrogen and oxygen atoms in total. The van der Waals surface area contributed by atoms with Crippen LogP contribution in [0.1, 0.15) is 102 Å². The van der Waals surface area contributed by atoms with Gasteiger partial charge in [0.05, 0.1) is 25.4 Å². The number of hydrogen-bond acceptors (Lipinski definition) is 3.